The first-order chi connectivity index (χ1) is 5.63. The summed E-state index contributed by atoms with van der Waals surface area (Å²) in [7, 11) is 0. The molecule has 0 aromatic heterocycles. The molecule has 3 atom stereocenters. The first kappa shape index (κ1) is 8.10. The van der Waals surface area contributed by atoms with Crippen molar-refractivity contribution in [2.24, 2.45) is 11.8 Å². The van der Waals surface area contributed by atoms with Crippen LogP contribution >= 0.6 is 11.8 Å². The molecule has 0 aromatic carbocycles. The van der Waals surface area contributed by atoms with Crippen LogP contribution in [0, 0.1) is 11.8 Å². The smallest absolute Gasteiger partial charge is 0.308 e. The van der Waals surface area contributed by atoms with Crippen molar-refractivity contribution in [1.82, 2.24) is 0 Å². The van der Waals surface area contributed by atoms with Gasteiger partial charge in [-0.15, -0.1) is 11.8 Å². The topological polar surface area (TPSA) is 54.4 Å². The molecule has 0 radical (unpaired) electrons. The molecule has 3 nitrogen and oxygen atoms in total. The molecule has 1 aliphatic carbocycles. The van der Waals surface area contributed by atoms with E-state index in [2.05, 4.69) is 0 Å². The number of rotatable bonds is 2. The van der Waals surface area contributed by atoms with E-state index in [-0.39, 0.29) is 16.4 Å². The van der Waals surface area contributed by atoms with E-state index in [0.717, 1.165) is 6.42 Å². The summed E-state index contributed by atoms with van der Waals surface area (Å²) >= 11 is 1.53. The molecule has 2 rings (SSSR count). The Bertz CT molecular complexity index is 257. The molecule has 2 unspecified atom stereocenters. The maximum atomic E-state index is 11.2. The maximum absolute atomic E-state index is 11.2. The van der Waals surface area contributed by atoms with E-state index in [4.69, 9.17) is 5.11 Å². The molecule has 12 heavy (non-hydrogen) atoms. The van der Waals surface area contributed by atoms with Gasteiger partial charge in [0.05, 0.1) is 11.7 Å². The molecule has 1 saturated carbocycles. The van der Waals surface area contributed by atoms with Gasteiger partial charge in [-0.25, -0.2) is 0 Å². The van der Waals surface area contributed by atoms with E-state index < -0.39 is 11.9 Å². The van der Waals surface area contributed by atoms with Gasteiger partial charge in [-0.2, -0.15) is 0 Å². The van der Waals surface area contributed by atoms with E-state index in [9.17, 15) is 9.59 Å². The Labute approximate surface area is 74.5 Å². The fourth-order valence-electron chi connectivity index (χ4n) is 2.24. The number of hydrogen-bond donors (Lipinski definition) is 1. The minimum absolute atomic E-state index is 0.134. The number of fused-ring (bicyclic) bond motifs is 1. The van der Waals surface area contributed by atoms with Crippen molar-refractivity contribution in [3.63, 3.8) is 0 Å². The van der Waals surface area contributed by atoms with Gasteiger partial charge < -0.3 is 5.11 Å². The van der Waals surface area contributed by atoms with Crippen LogP contribution in [0.15, 0.2) is 0 Å². The second-order valence-electron chi connectivity index (χ2n) is 3.36. The quantitative estimate of drug-likeness (QED) is 0.692. The van der Waals surface area contributed by atoms with Gasteiger partial charge in [0.15, 0.2) is 0 Å². The SMILES string of the molecule is CCC12SCC(=O)C1[C@H]2C(=O)O. The predicted molar refractivity (Wildman–Crippen MR) is 45.1 cm³/mol. The number of carbonyl (C=O) groups is 2. The minimum Gasteiger partial charge on any atom is -0.481 e. The number of aliphatic carboxylic acids is 1. The molecule has 0 spiro atoms. The fraction of sp³-hybridized carbons (Fsp3) is 0.750. The van der Waals surface area contributed by atoms with Gasteiger partial charge in [0.25, 0.3) is 0 Å². The van der Waals surface area contributed by atoms with Gasteiger partial charge in [-0.3, -0.25) is 9.59 Å². The van der Waals surface area contributed by atoms with Crippen molar-refractivity contribution in [1.29, 1.82) is 0 Å². The fourth-order valence-corrected chi connectivity index (χ4v) is 3.83. The zero-order valence-corrected chi connectivity index (χ0v) is 7.56. The molecule has 4 heteroatoms. The lowest BCUT2D eigenvalue weighted by Gasteiger charge is -2.07. The maximum Gasteiger partial charge on any atom is 0.308 e. The second-order valence-corrected chi connectivity index (χ2v) is 4.69. The molecular formula is C8H10O3S. The van der Waals surface area contributed by atoms with Crippen LogP contribution in [0.5, 0.6) is 0 Å². The van der Waals surface area contributed by atoms with E-state index >= 15 is 0 Å². The summed E-state index contributed by atoms with van der Waals surface area (Å²) < 4.78 is -0.219. The summed E-state index contributed by atoms with van der Waals surface area (Å²) in [5.41, 5.74) is 0. The molecule has 0 aromatic rings. The molecule has 2 aliphatic rings. The summed E-state index contributed by atoms with van der Waals surface area (Å²) in [5, 5.41) is 8.81. The summed E-state index contributed by atoms with van der Waals surface area (Å²) in [5.74, 6) is -0.724. The molecular weight excluding hydrogens is 176 g/mol. The van der Waals surface area contributed by atoms with Crippen LogP contribution < -0.4 is 0 Å². The van der Waals surface area contributed by atoms with Crippen molar-refractivity contribution in [2.45, 2.75) is 18.1 Å². The number of carboxylic acids is 1. The number of thioether (sulfide) groups is 1. The van der Waals surface area contributed by atoms with Gasteiger partial charge in [-0.05, 0) is 6.42 Å². The van der Waals surface area contributed by atoms with Gasteiger partial charge in [0.2, 0.25) is 0 Å². The van der Waals surface area contributed by atoms with Crippen molar-refractivity contribution < 1.29 is 14.7 Å². The van der Waals surface area contributed by atoms with Crippen molar-refractivity contribution in [3.05, 3.63) is 0 Å². The molecule has 1 N–H and O–H groups in total. The summed E-state index contributed by atoms with van der Waals surface area (Å²) in [6, 6.07) is 0. The zero-order chi connectivity index (χ0) is 8.93. The van der Waals surface area contributed by atoms with Crippen LogP contribution in [-0.2, 0) is 9.59 Å². The third kappa shape index (κ3) is 0.736. The van der Waals surface area contributed by atoms with Crippen molar-refractivity contribution in [2.75, 3.05) is 5.75 Å². The van der Waals surface area contributed by atoms with Crippen LogP contribution in [0.1, 0.15) is 13.3 Å². The lowest BCUT2D eigenvalue weighted by Crippen LogP contribution is -2.13. The first-order valence-electron chi connectivity index (χ1n) is 4.03. The normalized spacial score (nSPS) is 44.2. The average Bonchev–Trinajstić information content (AvgIpc) is 2.61. The number of Topliss-reactive ketones (excluding diaryl/α,β-unsaturated/α-hetero) is 1. The highest BCUT2D eigenvalue weighted by Crippen LogP contribution is 2.66. The largest absolute Gasteiger partial charge is 0.481 e. The van der Waals surface area contributed by atoms with Gasteiger partial charge in [0.1, 0.15) is 5.78 Å². The Kier molecular flexibility index (Phi) is 1.52. The molecule has 1 aliphatic heterocycles. The van der Waals surface area contributed by atoms with E-state index in [1.54, 1.807) is 0 Å². The molecule has 2 fully saturated rings. The van der Waals surface area contributed by atoms with Crippen molar-refractivity contribution >= 4 is 23.5 Å². The van der Waals surface area contributed by atoms with E-state index in [1.807, 2.05) is 6.92 Å². The highest BCUT2D eigenvalue weighted by atomic mass is 32.2. The van der Waals surface area contributed by atoms with Gasteiger partial charge >= 0.3 is 5.97 Å². The highest BCUT2D eigenvalue weighted by Gasteiger charge is 2.73. The van der Waals surface area contributed by atoms with E-state index in [1.165, 1.54) is 11.8 Å². The van der Waals surface area contributed by atoms with Crippen LogP contribution in [-0.4, -0.2) is 27.4 Å². The monoisotopic (exact) mass is 186 g/mol. The Hall–Kier alpha value is -0.510. The molecule has 0 amide bonds. The molecule has 1 heterocycles. The predicted octanol–water partition coefficient (Wildman–Crippen LogP) is 0.782. The van der Waals surface area contributed by atoms with Gasteiger partial charge in [0, 0.05) is 10.7 Å². The third-order valence-corrected chi connectivity index (χ3v) is 4.69. The number of carbonyl (C=O) groups excluding carboxylic acids is 1. The summed E-state index contributed by atoms with van der Waals surface area (Å²) in [6.07, 6.45) is 0.797. The number of ketones is 1. The minimum atomic E-state index is -0.803. The zero-order valence-electron chi connectivity index (χ0n) is 6.74. The van der Waals surface area contributed by atoms with Crippen LogP contribution in [0.3, 0.4) is 0 Å². The van der Waals surface area contributed by atoms with Crippen LogP contribution in [0.2, 0.25) is 0 Å². The van der Waals surface area contributed by atoms with Crippen molar-refractivity contribution in [3.8, 4) is 0 Å². The number of hydrogen-bond acceptors (Lipinski definition) is 3. The first-order valence-corrected chi connectivity index (χ1v) is 5.01. The highest BCUT2D eigenvalue weighted by molar-refractivity contribution is 8.02. The Balaban J connectivity index is 2.25. The molecule has 0 bridgehead atoms. The number of carboxylic acid groups (broad SMARTS) is 1. The van der Waals surface area contributed by atoms with E-state index in [0.29, 0.717) is 5.75 Å². The third-order valence-electron chi connectivity index (χ3n) is 2.93. The Morgan fingerprint density at radius 2 is 2.50 bits per heavy atom. The lowest BCUT2D eigenvalue weighted by molar-refractivity contribution is -0.140. The van der Waals surface area contributed by atoms with Crippen LogP contribution in [0.4, 0.5) is 0 Å². The molecule has 1 saturated heterocycles. The molecule has 66 valence electrons. The Morgan fingerprint density at radius 1 is 1.83 bits per heavy atom. The van der Waals surface area contributed by atoms with Gasteiger partial charge in [-0.1, -0.05) is 6.92 Å². The summed E-state index contributed by atoms with van der Waals surface area (Å²) in [4.78, 5) is 21.9. The van der Waals surface area contributed by atoms with Crippen LogP contribution in [0.25, 0.3) is 0 Å². The summed E-state index contributed by atoms with van der Waals surface area (Å²) in [6.45, 7) is 1.96. The lowest BCUT2D eigenvalue weighted by atomic mass is 10.2. The second kappa shape index (κ2) is 2.25. The Morgan fingerprint density at radius 3 is 2.83 bits per heavy atom. The standard InChI is InChI=1S/C8H10O3S/c1-2-8-5(4(9)3-12-8)6(8)7(10)11/h5-6H,2-3H2,1H3,(H,10,11)/t5?,6-,8?/m0/s1. The average molecular weight is 186 g/mol.